The number of nitrogens with zero attached hydrogens (tertiary/aromatic N) is 3. The maximum Gasteiger partial charge on any atom is 0.449 e. The zero-order valence-corrected chi connectivity index (χ0v) is 22.9. The van der Waals surface area contributed by atoms with E-state index in [1.165, 1.54) is 24.3 Å². The Labute approximate surface area is 236 Å². The fraction of sp³-hybridized carbons (Fsp3) is 0.0400. The van der Waals surface area contributed by atoms with E-state index < -0.39 is 20.7 Å². The number of rotatable bonds is 7. The van der Waals surface area contributed by atoms with Gasteiger partial charge in [0.1, 0.15) is 5.75 Å². The Kier molecular flexibility index (Phi) is 7.32. The van der Waals surface area contributed by atoms with Gasteiger partial charge in [0, 0.05) is 33.3 Å². The van der Waals surface area contributed by atoms with E-state index in [0.717, 1.165) is 4.68 Å². The van der Waals surface area contributed by atoms with Gasteiger partial charge in [-0.05, 0) is 70.6 Å². The molecule has 0 bridgehead atoms. The lowest BCUT2D eigenvalue weighted by Gasteiger charge is -2.11. The minimum Gasteiger partial charge on any atom is -0.497 e. The lowest BCUT2D eigenvalue weighted by atomic mass is 10.1. The van der Waals surface area contributed by atoms with E-state index in [1.54, 1.807) is 55.6 Å². The number of aromatic nitrogens is 4. The normalized spacial score (nSPS) is 11.4. The van der Waals surface area contributed by atoms with Crippen molar-refractivity contribution in [1.82, 2.24) is 15.2 Å². The second-order valence-electron chi connectivity index (χ2n) is 8.02. The number of sulfonamides is 1. The van der Waals surface area contributed by atoms with Gasteiger partial charge in [0.2, 0.25) is 11.6 Å². The summed E-state index contributed by atoms with van der Waals surface area (Å²) >= 11 is 18.5. The molecule has 10 nitrogen and oxygen atoms in total. The molecule has 5 rings (SSSR count). The highest BCUT2D eigenvalue weighted by atomic mass is 35.5. The SMILES string of the molecule is COc1ccc(-c2cc(-c3cc(Cl)ccc3Cl)nc(NS(=O)(=O)c3c(=O)o[nH][n+]3-c3ccc(Cl)cc3)n2)cc1. The third-order valence-corrected chi connectivity index (χ3v) is 7.61. The first kappa shape index (κ1) is 26.7. The molecule has 0 radical (unpaired) electrons. The summed E-state index contributed by atoms with van der Waals surface area (Å²) in [6.07, 6.45) is 0. The van der Waals surface area contributed by atoms with Crippen molar-refractivity contribution < 1.29 is 22.4 Å². The molecule has 0 atom stereocenters. The average Bonchev–Trinajstić information content (AvgIpc) is 3.32. The van der Waals surface area contributed by atoms with Crippen molar-refractivity contribution in [2.45, 2.75) is 5.03 Å². The molecule has 0 saturated carbocycles. The number of nitrogens with one attached hydrogen (secondary N) is 2. The van der Waals surface area contributed by atoms with Crippen LogP contribution in [-0.2, 0) is 10.0 Å². The Balaban J connectivity index is 1.63. The number of hydrogen-bond acceptors (Lipinski definition) is 7. The fourth-order valence-corrected chi connectivity index (χ4v) is 5.24. The summed E-state index contributed by atoms with van der Waals surface area (Å²) in [5.74, 6) is 0.301. The lowest BCUT2D eigenvalue weighted by molar-refractivity contribution is -0.705. The maximum absolute atomic E-state index is 13.5. The lowest BCUT2D eigenvalue weighted by Crippen LogP contribution is -2.42. The van der Waals surface area contributed by atoms with Crippen LogP contribution >= 0.6 is 34.8 Å². The highest BCUT2D eigenvalue weighted by Crippen LogP contribution is 2.33. The van der Waals surface area contributed by atoms with Crippen molar-refractivity contribution in [3.63, 3.8) is 0 Å². The third-order valence-electron chi connectivity index (χ3n) is 5.49. The first-order valence-electron chi connectivity index (χ1n) is 11.1. The Morgan fingerprint density at radius 1 is 0.897 bits per heavy atom. The number of aromatic amines is 1. The smallest absolute Gasteiger partial charge is 0.449 e. The van der Waals surface area contributed by atoms with E-state index in [4.69, 9.17) is 44.1 Å². The van der Waals surface area contributed by atoms with Gasteiger partial charge in [-0.25, -0.2) is 19.5 Å². The summed E-state index contributed by atoms with van der Waals surface area (Å²) in [6, 6.07) is 19.5. The van der Waals surface area contributed by atoms with Crippen LogP contribution in [0, 0.1) is 0 Å². The van der Waals surface area contributed by atoms with Crippen molar-refractivity contribution in [2.24, 2.45) is 0 Å². The van der Waals surface area contributed by atoms with Crippen molar-refractivity contribution in [3.8, 4) is 34.0 Å². The van der Waals surface area contributed by atoms with Gasteiger partial charge >= 0.3 is 20.7 Å². The first-order valence-corrected chi connectivity index (χ1v) is 13.7. The summed E-state index contributed by atoms with van der Waals surface area (Å²) in [6.45, 7) is 0. The summed E-state index contributed by atoms with van der Waals surface area (Å²) < 4.78 is 40.2. The molecule has 39 heavy (non-hydrogen) atoms. The van der Waals surface area contributed by atoms with Crippen molar-refractivity contribution in [2.75, 3.05) is 11.8 Å². The van der Waals surface area contributed by atoms with Crippen LogP contribution in [0.15, 0.2) is 87.1 Å². The molecule has 2 N–H and O–H groups in total. The van der Waals surface area contributed by atoms with Crippen LogP contribution in [0.1, 0.15) is 0 Å². The van der Waals surface area contributed by atoms with Gasteiger partial charge < -0.3 is 4.74 Å². The number of H-pyrrole nitrogens is 1. The average molecular weight is 606 g/mol. The number of hydrogen-bond donors (Lipinski definition) is 2. The number of ether oxygens (including phenoxy) is 1. The predicted octanol–water partition coefficient (Wildman–Crippen LogP) is 5.14. The van der Waals surface area contributed by atoms with Crippen LogP contribution in [0.4, 0.5) is 5.95 Å². The predicted molar refractivity (Wildman–Crippen MR) is 146 cm³/mol. The highest BCUT2D eigenvalue weighted by molar-refractivity contribution is 7.92. The quantitative estimate of drug-likeness (QED) is 0.246. The van der Waals surface area contributed by atoms with Crippen LogP contribution in [0.3, 0.4) is 0 Å². The fourth-order valence-electron chi connectivity index (χ4n) is 3.66. The summed E-state index contributed by atoms with van der Waals surface area (Å²) in [7, 11) is -3.04. The Morgan fingerprint density at radius 3 is 2.26 bits per heavy atom. The number of methoxy groups -OCH3 is 1. The number of benzene rings is 3. The van der Waals surface area contributed by atoms with Crippen LogP contribution < -0.4 is 19.8 Å². The van der Waals surface area contributed by atoms with Crippen LogP contribution in [0.25, 0.3) is 28.2 Å². The van der Waals surface area contributed by atoms with Gasteiger partial charge in [0.05, 0.1) is 23.5 Å². The molecule has 0 fully saturated rings. The molecule has 0 saturated heterocycles. The van der Waals surface area contributed by atoms with Gasteiger partial charge in [-0.15, -0.1) is 0 Å². The number of halogens is 3. The molecule has 0 spiro atoms. The van der Waals surface area contributed by atoms with Crippen molar-refractivity contribution in [3.05, 3.63) is 98.3 Å². The Bertz CT molecular complexity index is 1840. The molecule has 5 aromatic rings. The van der Waals surface area contributed by atoms with Crippen molar-refractivity contribution in [1.29, 1.82) is 0 Å². The maximum atomic E-state index is 13.5. The molecule has 0 amide bonds. The Hall–Kier alpha value is -3.90. The van der Waals surface area contributed by atoms with Crippen LogP contribution in [0.2, 0.25) is 15.1 Å². The van der Waals surface area contributed by atoms with Gasteiger partial charge in [0.15, 0.2) is 0 Å². The van der Waals surface area contributed by atoms with E-state index in [-0.39, 0.29) is 17.3 Å². The second kappa shape index (κ2) is 10.7. The van der Waals surface area contributed by atoms with E-state index in [9.17, 15) is 13.2 Å². The Morgan fingerprint density at radius 2 is 1.56 bits per heavy atom. The van der Waals surface area contributed by atoms with Crippen LogP contribution in [0.5, 0.6) is 5.75 Å². The monoisotopic (exact) mass is 604 g/mol. The zero-order chi connectivity index (χ0) is 27.7. The molecule has 0 aliphatic heterocycles. The molecular weight excluding hydrogens is 589 g/mol. The molecule has 0 aliphatic carbocycles. The third kappa shape index (κ3) is 5.62. The van der Waals surface area contributed by atoms with Crippen LogP contribution in [-0.4, -0.2) is 30.8 Å². The largest absolute Gasteiger partial charge is 0.497 e. The molecular formula is C25H17Cl3N5O5S+. The van der Waals surface area contributed by atoms with Gasteiger partial charge in [0.25, 0.3) is 0 Å². The van der Waals surface area contributed by atoms with E-state index in [2.05, 4.69) is 20.0 Å². The highest BCUT2D eigenvalue weighted by Gasteiger charge is 2.37. The number of anilines is 1. The van der Waals surface area contributed by atoms with Crippen molar-refractivity contribution >= 4 is 50.8 Å². The standard InChI is InChI=1S/C25H16Cl3N5O5S/c1-37-18-9-2-14(3-10-18)21-13-22(19-12-16(27)6-11-20(19)28)30-25(29-21)31-39(35,36)23-24(34)38-32-33(23)17-7-4-15(26)5-8-17/h2-13H,1H3,(H-,29,30,31,32,34)/p+1. The molecule has 198 valence electrons. The topological polar surface area (TPSA) is 131 Å². The molecule has 3 aromatic carbocycles. The summed E-state index contributed by atoms with van der Waals surface area (Å²) in [5, 5.41) is 2.70. The molecule has 0 aliphatic rings. The minimum absolute atomic E-state index is 0.282. The van der Waals surface area contributed by atoms with E-state index in [1.807, 2.05) is 0 Å². The van der Waals surface area contributed by atoms with Gasteiger partial charge in [-0.3, -0.25) is 4.52 Å². The van der Waals surface area contributed by atoms with Gasteiger partial charge in [-0.1, -0.05) is 34.8 Å². The summed E-state index contributed by atoms with van der Waals surface area (Å²) in [5.41, 5.74) is 0.872. The van der Waals surface area contributed by atoms with E-state index in [0.29, 0.717) is 37.6 Å². The molecule has 0 unspecified atom stereocenters. The first-order chi connectivity index (χ1) is 18.6. The molecule has 14 heteroatoms. The molecule has 2 heterocycles. The molecule has 2 aromatic heterocycles. The van der Waals surface area contributed by atoms with Gasteiger partial charge in [-0.2, -0.15) is 8.42 Å². The zero-order valence-electron chi connectivity index (χ0n) is 19.9. The minimum atomic E-state index is -4.58. The second-order valence-corrected chi connectivity index (χ2v) is 10.9. The summed E-state index contributed by atoms with van der Waals surface area (Å²) in [4.78, 5) is 21.2. The van der Waals surface area contributed by atoms with E-state index >= 15 is 0 Å².